The molecule has 1 N–H and O–H groups in total. The van der Waals surface area contributed by atoms with Crippen molar-refractivity contribution in [1.82, 2.24) is 15.3 Å². The van der Waals surface area contributed by atoms with Crippen LogP contribution in [0.1, 0.15) is 54.3 Å². The molecule has 4 amide bonds. The molecule has 0 radical (unpaired) electrons. The van der Waals surface area contributed by atoms with Crippen molar-refractivity contribution >= 4 is 29.6 Å². The number of benzene rings is 1. The quantitative estimate of drug-likeness (QED) is 0.602. The lowest BCUT2D eigenvalue weighted by molar-refractivity contribution is -0.161. The van der Waals surface area contributed by atoms with E-state index in [1.165, 1.54) is 12.1 Å². The van der Waals surface area contributed by atoms with Crippen molar-refractivity contribution in [3.8, 4) is 0 Å². The standard InChI is InChI=1S/C19H21N3O6/c1-19(2,3)28-15(24)10-21-18(27)13(8-9-14(23)20-21)22-16(25)11-6-4-5-7-12(11)17(22)26/h4-7,13H,8-10H2,1-3H3,(H,20,23). The van der Waals surface area contributed by atoms with E-state index < -0.39 is 47.8 Å². The molecule has 1 unspecified atom stereocenters. The number of carbonyl (C=O) groups is 5. The van der Waals surface area contributed by atoms with Crippen LogP contribution in [0, 0.1) is 0 Å². The fourth-order valence-electron chi connectivity index (χ4n) is 3.18. The van der Waals surface area contributed by atoms with E-state index in [1.54, 1.807) is 32.9 Å². The summed E-state index contributed by atoms with van der Waals surface area (Å²) >= 11 is 0. The van der Waals surface area contributed by atoms with Gasteiger partial charge in [0.15, 0.2) is 0 Å². The van der Waals surface area contributed by atoms with E-state index in [0.717, 1.165) is 9.91 Å². The molecule has 1 aromatic carbocycles. The van der Waals surface area contributed by atoms with Gasteiger partial charge in [0.05, 0.1) is 11.1 Å². The van der Waals surface area contributed by atoms with Crippen molar-refractivity contribution in [2.45, 2.75) is 45.3 Å². The molecule has 9 nitrogen and oxygen atoms in total. The molecule has 2 heterocycles. The van der Waals surface area contributed by atoms with Gasteiger partial charge in [0.25, 0.3) is 17.7 Å². The number of carbonyl (C=O) groups excluding carboxylic acids is 5. The fraction of sp³-hybridized carbons (Fsp3) is 0.421. The molecule has 1 aromatic rings. The molecule has 0 saturated carbocycles. The van der Waals surface area contributed by atoms with Crippen LogP contribution in [-0.2, 0) is 19.1 Å². The van der Waals surface area contributed by atoms with Gasteiger partial charge in [-0.15, -0.1) is 0 Å². The Labute approximate surface area is 161 Å². The van der Waals surface area contributed by atoms with Gasteiger partial charge in [-0.2, -0.15) is 0 Å². The monoisotopic (exact) mass is 387 g/mol. The molecule has 2 aliphatic rings. The van der Waals surface area contributed by atoms with Gasteiger partial charge in [-0.3, -0.25) is 34.3 Å². The van der Waals surface area contributed by atoms with Crippen molar-refractivity contribution < 1.29 is 28.7 Å². The van der Waals surface area contributed by atoms with E-state index >= 15 is 0 Å². The Hall–Kier alpha value is -3.23. The lowest BCUT2D eigenvalue weighted by Gasteiger charge is -2.28. The largest absolute Gasteiger partial charge is 0.459 e. The minimum atomic E-state index is -1.19. The molecule has 0 spiro atoms. The Morgan fingerprint density at radius 1 is 1.11 bits per heavy atom. The van der Waals surface area contributed by atoms with Gasteiger partial charge in [0.1, 0.15) is 18.2 Å². The maximum absolute atomic E-state index is 13.0. The highest BCUT2D eigenvalue weighted by Gasteiger charge is 2.45. The number of ether oxygens (including phenoxy) is 1. The van der Waals surface area contributed by atoms with Gasteiger partial charge in [-0.05, 0) is 39.3 Å². The van der Waals surface area contributed by atoms with Crippen molar-refractivity contribution in [3.63, 3.8) is 0 Å². The summed E-state index contributed by atoms with van der Waals surface area (Å²) in [6.45, 7) is 4.50. The predicted octanol–water partition coefficient (Wildman–Crippen LogP) is 0.646. The second-order valence-corrected chi connectivity index (χ2v) is 7.63. The number of nitrogens with zero attached hydrogens (tertiary/aromatic N) is 2. The maximum atomic E-state index is 13.0. The van der Waals surface area contributed by atoms with Gasteiger partial charge in [0.2, 0.25) is 5.91 Å². The Bertz CT molecular complexity index is 838. The van der Waals surface area contributed by atoms with Crippen LogP contribution in [0.4, 0.5) is 0 Å². The van der Waals surface area contributed by atoms with E-state index in [-0.39, 0.29) is 24.0 Å². The molecular weight excluding hydrogens is 366 g/mol. The van der Waals surface area contributed by atoms with E-state index in [1.807, 2.05) is 0 Å². The summed E-state index contributed by atoms with van der Waals surface area (Å²) in [5.41, 5.74) is 2.00. The molecule has 2 aliphatic heterocycles. The third-order valence-corrected chi connectivity index (χ3v) is 4.30. The van der Waals surface area contributed by atoms with E-state index in [4.69, 9.17) is 4.74 Å². The summed E-state index contributed by atoms with van der Waals surface area (Å²) in [7, 11) is 0. The Balaban J connectivity index is 1.85. The number of hydrogen-bond acceptors (Lipinski definition) is 6. The first-order valence-electron chi connectivity index (χ1n) is 8.88. The summed E-state index contributed by atoms with van der Waals surface area (Å²) < 4.78 is 5.19. The predicted molar refractivity (Wildman–Crippen MR) is 95.7 cm³/mol. The van der Waals surface area contributed by atoms with E-state index in [0.29, 0.717) is 0 Å². The minimum absolute atomic E-state index is 0.0268. The number of hydrazine groups is 1. The molecule has 0 bridgehead atoms. The molecule has 0 aliphatic carbocycles. The Kier molecular flexibility index (Phi) is 4.93. The lowest BCUT2D eigenvalue weighted by atomic mass is 10.1. The maximum Gasteiger partial charge on any atom is 0.328 e. The van der Waals surface area contributed by atoms with Gasteiger partial charge in [0, 0.05) is 6.42 Å². The SMILES string of the molecule is CC(C)(C)OC(=O)CN1NC(=O)CCC(N2C(=O)c3ccccc3C2=O)C1=O. The molecule has 0 aromatic heterocycles. The minimum Gasteiger partial charge on any atom is -0.459 e. The third-order valence-electron chi connectivity index (χ3n) is 4.30. The Morgan fingerprint density at radius 3 is 2.21 bits per heavy atom. The van der Waals surface area contributed by atoms with Gasteiger partial charge in [-0.1, -0.05) is 12.1 Å². The van der Waals surface area contributed by atoms with Crippen LogP contribution in [0.5, 0.6) is 0 Å². The van der Waals surface area contributed by atoms with Crippen LogP contribution in [0.25, 0.3) is 0 Å². The zero-order valence-electron chi connectivity index (χ0n) is 15.9. The van der Waals surface area contributed by atoms with Crippen LogP contribution in [0.2, 0.25) is 0 Å². The van der Waals surface area contributed by atoms with E-state index in [2.05, 4.69) is 5.43 Å². The van der Waals surface area contributed by atoms with Crippen molar-refractivity contribution in [3.05, 3.63) is 35.4 Å². The van der Waals surface area contributed by atoms with Gasteiger partial charge >= 0.3 is 5.97 Å². The molecule has 1 saturated heterocycles. The summed E-state index contributed by atoms with van der Waals surface area (Å²) in [5.74, 6) is -3.11. The molecule has 28 heavy (non-hydrogen) atoms. The molecule has 148 valence electrons. The van der Waals surface area contributed by atoms with Crippen LogP contribution >= 0.6 is 0 Å². The average molecular weight is 387 g/mol. The molecule has 9 heteroatoms. The summed E-state index contributed by atoms with van der Waals surface area (Å²) in [4.78, 5) is 63.4. The topological polar surface area (TPSA) is 113 Å². The van der Waals surface area contributed by atoms with Gasteiger partial charge < -0.3 is 4.74 Å². The van der Waals surface area contributed by atoms with Crippen LogP contribution in [0.15, 0.2) is 24.3 Å². The highest BCUT2D eigenvalue weighted by atomic mass is 16.6. The van der Waals surface area contributed by atoms with Crippen molar-refractivity contribution in [1.29, 1.82) is 0 Å². The zero-order chi connectivity index (χ0) is 20.6. The normalized spacial score (nSPS) is 20.0. The van der Waals surface area contributed by atoms with Crippen molar-refractivity contribution in [2.75, 3.05) is 6.54 Å². The number of esters is 1. The smallest absolute Gasteiger partial charge is 0.328 e. The number of imide groups is 1. The van der Waals surface area contributed by atoms with E-state index in [9.17, 15) is 24.0 Å². The summed E-state index contributed by atoms with van der Waals surface area (Å²) in [5, 5.41) is 0.817. The number of fused-ring (bicyclic) bond motifs is 1. The highest BCUT2D eigenvalue weighted by molar-refractivity contribution is 6.23. The lowest BCUT2D eigenvalue weighted by Crippen LogP contribution is -2.55. The van der Waals surface area contributed by atoms with Crippen LogP contribution in [-0.4, -0.2) is 57.7 Å². The third kappa shape index (κ3) is 3.73. The highest BCUT2D eigenvalue weighted by Crippen LogP contribution is 2.27. The van der Waals surface area contributed by atoms with Crippen LogP contribution < -0.4 is 5.43 Å². The Morgan fingerprint density at radius 2 is 1.68 bits per heavy atom. The second-order valence-electron chi connectivity index (χ2n) is 7.63. The molecule has 1 atom stereocenters. The van der Waals surface area contributed by atoms with Gasteiger partial charge in [-0.25, -0.2) is 5.01 Å². The first-order valence-corrected chi connectivity index (χ1v) is 8.88. The first kappa shape index (κ1) is 19.5. The fourth-order valence-corrected chi connectivity index (χ4v) is 3.18. The number of nitrogens with one attached hydrogen (secondary N) is 1. The number of hydrogen-bond donors (Lipinski definition) is 1. The summed E-state index contributed by atoms with van der Waals surface area (Å²) in [6, 6.07) is 5.09. The van der Waals surface area contributed by atoms with Crippen molar-refractivity contribution in [2.24, 2.45) is 0 Å². The number of amides is 4. The molecular formula is C19H21N3O6. The summed E-state index contributed by atoms with van der Waals surface area (Å²) in [6.07, 6.45) is -0.102. The average Bonchev–Trinajstić information content (AvgIpc) is 2.76. The molecule has 1 fully saturated rings. The van der Waals surface area contributed by atoms with Crippen LogP contribution in [0.3, 0.4) is 0 Å². The first-order chi connectivity index (χ1) is 13.1. The second kappa shape index (κ2) is 7.06. The number of rotatable bonds is 3. The molecule has 3 rings (SSSR count). The zero-order valence-corrected chi connectivity index (χ0v) is 15.9.